The summed E-state index contributed by atoms with van der Waals surface area (Å²) in [6.07, 6.45) is 5.20. The smallest absolute Gasteiger partial charge is 0.0779 e. The molecule has 1 aliphatic heterocycles. The lowest BCUT2D eigenvalue weighted by Crippen LogP contribution is -2.49. The zero-order valence-electron chi connectivity index (χ0n) is 10.8. The molecule has 18 heavy (non-hydrogen) atoms. The second-order valence-electron chi connectivity index (χ2n) is 5.27. The molecule has 0 aromatic heterocycles. The molecule has 1 saturated heterocycles. The lowest BCUT2D eigenvalue weighted by atomic mass is 10.0. The fourth-order valence-electron chi connectivity index (χ4n) is 3.38. The summed E-state index contributed by atoms with van der Waals surface area (Å²) in [4.78, 5) is 2.56. The Morgan fingerprint density at radius 2 is 2.17 bits per heavy atom. The fraction of sp³-hybridized carbons (Fsp3) is 0.600. The van der Waals surface area contributed by atoms with Crippen molar-refractivity contribution in [2.24, 2.45) is 5.73 Å². The number of nitrogens with zero attached hydrogens (tertiary/aromatic N) is 1. The first-order valence-electron chi connectivity index (χ1n) is 7.06. The monoisotopic (exact) mass is 246 g/mol. The van der Waals surface area contributed by atoms with Gasteiger partial charge in [-0.2, -0.15) is 0 Å². The van der Waals surface area contributed by atoms with Gasteiger partial charge in [0.05, 0.1) is 18.8 Å². The molecule has 2 atom stereocenters. The third kappa shape index (κ3) is 2.13. The summed E-state index contributed by atoms with van der Waals surface area (Å²) in [6.45, 7) is 2.59. The van der Waals surface area contributed by atoms with E-state index in [0.717, 1.165) is 26.1 Å². The summed E-state index contributed by atoms with van der Waals surface area (Å²) in [6, 6.07) is 9.28. The predicted octanol–water partition coefficient (Wildman–Crippen LogP) is 1.95. The van der Waals surface area contributed by atoms with Gasteiger partial charge in [-0.1, -0.05) is 18.2 Å². The zero-order valence-corrected chi connectivity index (χ0v) is 10.8. The van der Waals surface area contributed by atoms with E-state index in [1.54, 1.807) is 0 Å². The molecule has 3 heteroatoms. The lowest BCUT2D eigenvalue weighted by Gasteiger charge is -2.40. The molecule has 2 N–H and O–H groups in total. The number of hydrogen-bond acceptors (Lipinski definition) is 3. The van der Waals surface area contributed by atoms with Crippen LogP contribution in [0, 0.1) is 0 Å². The third-order valence-corrected chi connectivity index (χ3v) is 4.20. The molecule has 1 aromatic rings. The number of nitrogens with two attached hydrogens (primary N) is 1. The number of para-hydroxylation sites is 1. The van der Waals surface area contributed by atoms with E-state index in [1.165, 1.54) is 30.5 Å². The van der Waals surface area contributed by atoms with E-state index in [0.29, 0.717) is 12.1 Å². The Balaban J connectivity index is 1.88. The minimum absolute atomic E-state index is 0.449. The maximum absolute atomic E-state index is 5.89. The average Bonchev–Trinajstić information content (AvgIpc) is 2.88. The number of fused-ring (bicyclic) bond motifs is 1. The van der Waals surface area contributed by atoms with Gasteiger partial charge in [0.25, 0.3) is 0 Å². The van der Waals surface area contributed by atoms with Crippen molar-refractivity contribution in [1.29, 1.82) is 0 Å². The van der Waals surface area contributed by atoms with Gasteiger partial charge in [-0.15, -0.1) is 0 Å². The number of ether oxygens (including phenoxy) is 1. The highest BCUT2D eigenvalue weighted by Gasteiger charge is 2.36. The molecule has 1 aromatic carbocycles. The van der Waals surface area contributed by atoms with Gasteiger partial charge in [-0.3, -0.25) is 0 Å². The van der Waals surface area contributed by atoms with Crippen molar-refractivity contribution in [2.45, 2.75) is 37.8 Å². The SMILES string of the molecule is NCCc1ccccc1N1CCOC2CCCC21. The van der Waals surface area contributed by atoms with Crippen LogP contribution in [0.3, 0.4) is 0 Å². The lowest BCUT2D eigenvalue weighted by molar-refractivity contribution is 0.0256. The third-order valence-electron chi connectivity index (χ3n) is 4.20. The largest absolute Gasteiger partial charge is 0.374 e. The van der Waals surface area contributed by atoms with Crippen LogP contribution in [-0.2, 0) is 11.2 Å². The van der Waals surface area contributed by atoms with Crippen LogP contribution in [0.1, 0.15) is 24.8 Å². The number of rotatable bonds is 3. The molecule has 0 amide bonds. The zero-order chi connectivity index (χ0) is 12.4. The van der Waals surface area contributed by atoms with Crippen molar-refractivity contribution in [1.82, 2.24) is 0 Å². The molecule has 0 radical (unpaired) electrons. The van der Waals surface area contributed by atoms with Gasteiger partial charge in [0.1, 0.15) is 0 Å². The molecule has 0 bridgehead atoms. The first kappa shape index (κ1) is 12.0. The van der Waals surface area contributed by atoms with Crippen molar-refractivity contribution in [3.63, 3.8) is 0 Å². The van der Waals surface area contributed by atoms with Crippen LogP contribution in [-0.4, -0.2) is 31.8 Å². The van der Waals surface area contributed by atoms with Crippen molar-refractivity contribution >= 4 is 5.69 Å². The molecular formula is C15H22N2O. The molecular weight excluding hydrogens is 224 g/mol. The van der Waals surface area contributed by atoms with Gasteiger partial charge < -0.3 is 15.4 Å². The standard InChI is InChI=1S/C15H22N2O/c16-9-8-12-4-1-2-5-13(12)17-10-11-18-15-7-3-6-14(15)17/h1-2,4-5,14-15H,3,6-11,16H2. The van der Waals surface area contributed by atoms with Gasteiger partial charge in [0, 0.05) is 12.2 Å². The Hall–Kier alpha value is -1.06. The van der Waals surface area contributed by atoms with Crippen LogP contribution in [0.2, 0.25) is 0 Å². The number of benzene rings is 1. The molecule has 0 spiro atoms. The van der Waals surface area contributed by atoms with Gasteiger partial charge in [0.15, 0.2) is 0 Å². The second-order valence-corrected chi connectivity index (χ2v) is 5.27. The molecule has 2 fully saturated rings. The molecule has 1 aliphatic carbocycles. The quantitative estimate of drug-likeness (QED) is 0.886. The molecule has 1 saturated carbocycles. The van der Waals surface area contributed by atoms with E-state index in [9.17, 15) is 0 Å². The van der Waals surface area contributed by atoms with Crippen LogP contribution in [0.25, 0.3) is 0 Å². The summed E-state index contributed by atoms with van der Waals surface area (Å²) < 4.78 is 5.89. The molecule has 2 aliphatic rings. The Kier molecular flexibility index (Phi) is 3.52. The molecule has 3 rings (SSSR count). The van der Waals surface area contributed by atoms with Gasteiger partial charge in [0.2, 0.25) is 0 Å². The van der Waals surface area contributed by atoms with Crippen LogP contribution in [0.5, 0.6) is 0 Å². The highest BCUT2D eigenvalue weighted by Crippen LogP contribution is 2.34. The van der Waals surface area contributed by atoms with Gasteiger partial charge >= 0.3 is 0 Å². The highest BCUT2D eigenvalue weighted by molar-refractivity contribution is 5.55. The van der Waals surface area contributed by atoms with Crippen molar-refractivity contribution < 1.29 is 4.74 Å². The van der Waals surface area contributed by atoms with E-state index in [1.807, 2.05) is 0 Å². The first-order chi connectivity index (χ1) is 8.90. The maximum Gasteiger partial charge on any atom is 0.0779 e. The number of anilines is 1. The Morgan fingerprint density at radius 1 is 1.28 bits per heavy atom. The van der Waals surface area contributed by atoms with Crippen LogP contribution in [0.4, 0.5) is 5.69 Å². The van der Waals surface area contributed by atoms with Crippen LogP contribution in [0.15, 0.2) is 24.3 Å². The Morgan fingerprint density at radius 3 is 3.06 bits per heavy atom. The maximum atomic E-state index is 5.89. The molecule has 2 unspecified atom stereocenters. The van der Waals surface area contributed by atoms with E-state index in [2.05, 4.69) is 29.2 Å². The normalized spacial score (nSPS) is 27.3. The Labute approximate surface area is 109 Å². The van der Waals surface area contributed by atoms with Crippen LogP contribution >= 0.6 is 0 Å². The van der Waals surface area contributed by atoms with Crippen molar-refractivity contribution in [3.8, 4) is 0 Å². The van der Waals surface area contributed by atoms with Crippen molar-refractivity contribution in [3.05, 3.63) is 29.8 Å². The average molecular weight is 246 g/mol. The first-order valence-corrected chi connectivity index (χ1v) is 7.06. The van der Waals surface area contributed by atoms with Gasteiger partial charge in [-0.25, -0.2) is 0 Å². The summed E-state index contributed by atoms with van der Waals surface area (Å²) in [5, 5.41) is 0. The molecule has 3 nitrogen and oxygen atoms in total. The fourth-order valence-corrected chi connectivity index (χ4v) is 3.38. The summed E-state index contributed by atoms with van der Waals surface area (Å²) in [5.74, 6) is 0. The summed E-state index contributed by atoms with van der Waals surface area (Å²) >= 11 is 0. The van der Waals surface area contributed by atoms with E-state index >= 15 is 0 Å². The minimum atomic E-state index is 0.449. The minimum Gasteiger partial charge on any atom is -0.374 e. The summed E-state index contributed by atoms with van der Waals surface area (Å²) in [5.41, 5.74) is 8.48. The predicted molar refractivity (Wildman–Crippen MR) is 73.9 cm³/mol. The molecule has 98 valence electrons. The Bertz CT molecular complexity index is 407. The molecule has 1 heterocycles. The van der Waals surface area contributed by atoms with Gasteiger partial charge in [-0.05, 0) is 43.9 Å². The van der Waals surface area contributed by atoms with E-state index < -0.39 is 0 Å². The second kappa shape index (κ2) is 5.29. The number of morpholine rings is 1. The van der Waals surface area contributed by atoms with Crippen molar-refractivity contribution in [2.75, 3.05) is 24.6 Å². The number of hydrogen-bond donors (Lipinski definition) is 1. The van der Waals surface area contributed by atoms with E-state index in [4.69, 9.17) is 10.5 Å². The highest BCUT2D eigenvalue weighted by atomic mass is 16.5. The van der Waals surface area contributed by atoms with E-state index in [-0.39, 0.29) is 0 Å². The summed E-state index contributed by atoms with van der Waals surface area (Å²) in [7, 11) is 0. The van der Waals surface area contributed by atoms with Crippen LogP contribution < -0.4 is 10.6 Å². The topological polar surface area (TPSA) is 38.5 Å².